The number of carbonyl (C=O) groups is 1. The van der Waals surface area contributed by atoms with Gasteiger partial charge in [0.2, 0.25) is 11.9 Å². The zero-order valence-corrected chi connectivity index (χ0v) is 9.70. The van der Waals surface area contributed by atoms with Crippen molar-refractivity contribution < 1.29 is 4.79 Å². The van der Waals surface area contributed by atoms with Crippen molar-refractivity contribution in [1.29, 1.82) is 0 Å². The van der Waals surface area contributed by atoms with Crippen LogP contribution in [0.1, 0.15) is 12.2 Å². The molecule has 2 heterocycles. The maximum atomic E-state index is 11.5. The molecule has 0 unspecified atom stereocenters. The lowest BCUT2D eigenvalue weighted by molar-refractivity contribution is -0.121. The van der Waals surface area contributed by atoms with E-state index in [0.717, 1.165) is 18.7 Å². The highest BCUT2D eigenvalue weighted by Gasteiger charge is 2.04. The number of nitrogens with zero attached hydrogens (tertiary/aromatic N) is 5. The van der Waals surface area contributed by atoms with E-state index in [1.807, 2.05) is 0 Å². The molecular formula is C9H14N8O. The Morgan fingerprint density at radius 3 is 3.06 bits per heavy atom. The second-order valence-electron chi connectivity index (χ2n) is 3.69. The largest absolute Gasteiger partial charge is 0.367 e. The number of nitrogens with two attached hydrogens (primary N) is 1. The van der Waals surface area contributed by atoms with Gasteiger partial charge in [0.05, 0.1) is 0 Å². The van der Waals surface area contributed by atoms with Gasteiger partial charge in [0, 0.05) is 13.0 Å². The van der Waals surface area contributed by atoms with Gasteiger partial charge in [-0.2, -0.15) is 5.10 Å². The number of amides is 1. The molecule has 0 fully saturated rings. The van der Waals surface area contributed by atoms with Crippen LogP contribution in [0.5, 0.6) is 0 Å². The molecule has 0 saturated carbocycles. The summed E-state index contributed by atoms with van der Waals surface area (Å²) in [5.74, 6) is 0.846. The first kappa shape index (κ1) is 12.0. The molecule has 0 aromatic carbocycles. The molecule has 0 radical (unpaired) electrons. The van der Waals surface area contributed by atoms with E-state index in [1.54, 1.807) is 0 Å². The Morgan fingerprint density at radius 1 is 1.50 bits per heavy atom. The normalized spacial score (nSPS) is 10.4. The van der Waals surface area contributed by atoms with E-state index in [4.69, 9.17) is 5.73 Å². The predicted octanol–water partition coefficient (Wildman–Crippen LogP) is -1.27. The standard InChI is InChI=1S/C9H14N8O/c10-9-13-6-17(16-9)4-8(18)11-3-1-2-7-12-5-14-15-7/h5-6H,1-4H2,(H2,10,16)(H,11,18)(H,12,14,15). The molecule has 0 atom stereocenters. The fourth-order valence-electron chi connectivity index (χ4n) is 1.42. The summed E-state index contributed by atoms with van der Waals surface area (Å²) in [7, 11) is 0. The number of nitrogen functional groups attached to an aromatic ring is 1. The Labute approximate surface area is 103 Å². The van der Waals surface area contributed by atoms with Crippen LogP contribution in [0.15, 0.2) is 12.7 Å². The van der Waals surface area contributed by atoms with E-state index in [0.29, 0.717) is 6.54 Å². The van der Waals surface area contributed by atoms with Crippen molar-refractivity contribution in [3.8, 4) is 0 Å². The maximum Gasteiger partial charge on any atom is 0.241 e. The highest BCUT2D eigenvalue weighted by molar-refractivity contribution is 5.75. The molecule has 0 bridgehead atoms. The summed E-state index contributed by atoms with van der Waals surface area (Å²) >= 11 is 0. The Balaban J connectivity index is 1.63. The Kier molecular flexibility index (Phi) is 3.84. The minimum atomic E-state index is -0.127. The van der Waals surface area contributed by atoms with Gasteiger partial charge in [0.25, 0.3) is 0 Å². The third-order valence-electron chi connectivity index (χ3n) is 2.24. The molecule has 0 saturated heterocycles. The quantitative estimate of drug-likeness (QED) is 0.548. The monoisotopic (exact) mass is 250 g/mol. The number of aromatic nitrogens is 6. The Hall–Kier alpha value is -2.45. The van der Waals surface area contributed by atoms with Gasteiger partial charge in [-0.15, -0.1) is 5.10 Å². The first-order chi connectivity index (χ1) is 8.74. The lowest BCUT2D eigenvalue weighted by Gasteiger charge is -2.03. The number of carbonyl (C=O) groups excluding carboxylic acids is 1. The highest BCUT2D eigenvalue weighted by Crippen LogP contribution is 1.92. The van der Waals surface area contributed by atoms with Crippen molar-refractivity contribution in [2.24, 2.45) is 0 Å². The third-order valence-corrected chi connectivity index (χ3v) is 2.24. The van der Waals surface area contributed by atoms with Crippen molar-refractivity contribution in [1.82, 2.24) is 35.3 Å². The topological polar surface area (TPSA) is 127 Å². The molecule has 9 heteroatoms. The van der Waals surface area contributed by atoms with E-state index in [2.05, 4.69) is 30.6 Å². The average Bonchev–Trinajstić information content (AvgIpc) is 2.96. The molecule has 1 amide bonds. The molecule has 9 nitrogen and oxygen atoms in total. The number of hydrogen-bond acceptors (Lipinski definition) is 6. The lowest BCUT2D eigenvalue weighted by atomic mass is 10.3. The van der Waals surface area contributed by atoms with Crippen LogP contribution in [-0.4, -0.2) is 42.4 Å². The highest BCUT2D eigenvalue weighted by atomic mass is 16.2. The lowest BCUT2D eigenvalue weighted by Crippen LogP contribution is -2.29. The van der Waals surface area contributed by atoms with Crippen LogP contribution in [0.2, 0.25) is 0 Å². The number of H-pyrrole nitrogens is 1. The van der Waals surface area contributed by atoms with Crippen molar-refractivity contribution in [2.45, 2.75) is 19.4 Å². The molecule has 2 aromatic heterocycles. The Morgan fingerprint density at radius 2 is 2.39 bits per heavy atom. The van der Waals surface area contributed by atoms with E-state index in [1.165, 1.54) is 17.3 Å². The van der Waals surface area contributed by atoms with Crippen molar-refractivity contribution in [3.63, 3.8) is 0 Å². The van der Waals surface area contributed by atoms with Gasteiger partial charge in [-0.3, -0.25) is 9.89 Å². The number of nitrogens with one attached hydrogen (secondary N) is 2. The molecule has 2 aromatic rings. The number of aryl methyl sites for hydroxylation is 1. The number of aromatic amines is 1. The van der Waals surface area contributed by atoms with Gasteiger partial charge in [0.1, 0.15) is 25.0 Å². The molecule has 4 N–H and O–H groups in total. The second-order valence-corrected chi connectivity index (χ2v) is 3.69. The van der Waals surface area contributed by atoms with Crippen LogP contribution in [0.4, 0.5) is 5.95 Å². The zero-order valence-electron chi connectivity index (χ0n) is 9.70. The van der Waals surface area contributed by atoms with Gasteiger partial charge in [-0.25, -0.2) is 14.6 Å². The Bertz CT molecular complexity index is 490. The fourth-order valence-corrected chi connectivity index (χ4v) is 1.42. The first-order valence-electron chi connectivity index (χ1n) is 5.50. The number of rotatable bonds is 6. The summed E-state index contributed by atoms with van der Waals surface area (Å²) in [4.78, 5) is 19.2. The van der Waals surface area contributed by atoms with Crippen LogP contribution < -0.4 is 11.1 Å². The smallest absolute Gasteiger partial charge is 0.241 e. The van der Waals surface area contributed by atoms with E-state index < -0.39 is 0 Å². The third kappa shape index (κ3) is 3.54. The molecule has 0 spiro atoms. The van der Waals surface area contributed by atoms with Gasteiger partial charge >= 0.3 is 0 Å². The van der Waals surface area contributed by atoms with Gasteiger partial charge < -0.3 is 11.1 Å². The minimum Gasteiger partial charge on any atom is -0.367 e. The van der Waals surface area contributed by atoms with E-state index in [-0.39, 0.29) is 18.4 Å². The summed E-state index contributed by atoms with van der Waals surface area (Å²) in [6.45, 7) is 0.691. The first-order valence-corrected chi connectivity index (χ1v) is 5.50. The summed E-state index contributed by atoms with van der Waals surface area (Å²) in [6, 6.07) is 0. The van der Waals surface area contributed by atoms with Crippen LogP contribution in [0, 0.1) is 0 Å². The molecule has 18 heavy (non-hydrogen) atoms. The predicted molar refractivity (Wildman–Crippen MR) is 62.1 cm³/mol. The van der Waals surface area contributed by atoms with E-state index in [9.17, 15) is 4.79 Å². The summed E-state index contributed by atoms with van der Waals surface area (Å²) in [5.41, 5.74) is 5.34. The van der Waals surface area contributed by atoms with Gasteiger partial charge in [0.15, 0.2) is 0 Å². The van der Waals surface area contributed by atoms with Crippen molar-refractivity contribution in [3.05, 3.63) is 18.5 Å². The SMILES string of the molecule is Nc1ncn(CC(=O)NCCCc2ncn[nH]2)n1. The van der Waals surface area contributed by atoms with Crippen LogP contribution in [0.3, 0.4) is 0 Å². The summed E-state index contributed by atoms with van der Waals surface area (Å²) in [6.07, 6.45) is 4.42. The number of hydrogen-bond donors (Lipinski definition) is 3. The summed E-state index contributed by atoms with van der Waals surface area (Å²) in [5, 5.41) is 13.1. The van der Waals surface area contributed by atoms with Crippen molar-refractivity contribution >= 4 is 11.9 Å². The molecular weight excluding hydrogens is 236 g/mol. The van der Waals surface area contributed by atoms with Crippen molar-refractivity contribution in [2.75, 3.05) is 12.3 Å². The molecule has 0 aliphatic heterocycles. The van der Waals surface area contributed by atoms with Crippen LogP contribution in [-0.2, 0) is 17.8 Å². The second kappa shape index (κ2) is 5.75. The molecule has 96 valence electrons. The molecule has 2 rings (SSSR count). The minimum absolute atomic E-state index is 0.118. The van der Waals surface area contributed by atoms with Gasteiger partial charge in [-0.05, 0) is 6.42 Å². The number of anilines is 1. The average molecular weight is 250 g/mol. The van der Waals surface area contributed by atoms with Crippen LogP contribution in [0.25, 0.3) is 0 Å². The fraction of sp³-hybridized carbons (Fsp3) is 0.444. The van der Waals surface area contributed by atoms with Crippen LogP contribution >= 0.6 is 0 Å². The summed E-state index contributed by atoms with van der Waals surface area (Å²) < 4.78 is 1.39. The molecule has 0 aliphatic rings. The zero-order chi connectivity index (χ0) is 12.8. The molecule has 0 aliphatic carbocycles. The van der Waals surface area contributed by atoms with Gasteiger partial charge in [-0.1, -0.05) is 0 Å². The maximum absolute atomic E-state index is 11.5. The van der Waals surface area contributed by atoms with E-state index >= 15 is 0 Å².